The van der Waals surface area contributed by atoms with Crippen LogP contribution < -0.4 is 11.1 Å². The maximum Gasteiger partial charge on any atom is 0.337 e. The summed E-state index contributed by atoms with van der Waals surface area (Å²) in [5.41, 5.74) is 3.80. The predicted octanol–water partition coefficient (Wildman–Crippen LogP) is 1.67. The quantitative estimate of drug-likeness (QED) is 0.724. The Morgan fingerprint density at radius 3 is 2.53 bits per heavy atom. The van der Waals surface area contributed by atoms with Gasteiger partial charge in [0, 0.05) is 5.02 Å². The van der Waals surface area contributed by atoms with Crippen molar-refractivity contribution in [3.8, 4) is 0 Å². The number of benzene rings is 1. The Morgan fingerprint density at radius 1 is 1.47 bits per heavy atom. The van der Waals surface area contributed by atoms with E-state index in [2.05, 4.69) is 0 Å². The number of halogens is 2. The smallest absolute Gasteiger partial charge is 0.337 e. The number of carboxylic acids is 1. The van der Waals surface area contributed by atoms with Crippen molar-refractivity contribution < 1.29 is 19.1 Å². The molecule has 1 aromatic carbocycles. The fraction of sp³-hybridized carbons (Fsp3) is 0. The van der Waals surface area contributed by atoms with Crippen LogP contribution >= 0.6 is 11.6 Å². The Morgan fingerprint density at radius 2 is 2.07 bits per heavy atom. The van der Waals surface area contributed by atoms with Gasteiger partial charge in [-0.15, -0.1) is 0 Å². The molecule has 7 heteroatoms. The van der Waals surface area contributed by atoms with Crippen molar-refractivity contribution in [1.29, 1.82) is 0 Å². The van der Waals surface area contributed by atoms with E-state index < -0.39 is 29.1 Å². The molecule has 0 fully saturated rings. The van der Waals surface area contributed by atoms with Gasteiger partial charge in [-0.25, -0.2) is 14.0 Å². The molecule has 2 amide bonds. The van der Waals surface area contributed by atoms with E-state index in [1.165, 1.54) is 0 Å². The van der Waals surface area contributed by atoms with Gasteiger partial charge in [0.1, 0.15) is 5.82 Å². The summed E-state index contributed by atoms with van der Waals surface area (Å²) in [5, 5.41) is 10.5. The Kier molecular flexibility index (Phi) is 3.11. The van der Waals surface area contributed by atoms with Gasteiger partial charge in [0.2, 0.25) is 0 Å². The number of hydrogen-bond donors (Lipinski definition) is 3. The maximum absolute atomic E-state index is 13.2. The van der Waals surface area contributed by atoms with Crippen LogP contribution in [0.4, 0.5) is 14.9 Å². The summed E-state index contributed by atoms with van der Waals surface area (Å²) in [6.07, 6.45) is 0. The van der Waals surface area contributed by atoms with Crippen molar-refractivity contribution in [2.45, 2.75) is 0 Å². The number of carboxylic acid groups (broad SMARTS) is 1. The molecular weight excluding hydrogens is 227 g/mol. The molecule has 0 bridgehead atoms. The van der Waals surface area contributed by atoms with Crippen LogP contribution in [-0.4, -0.2) is 17.1 Å². The zero-order valence-electron chi connectivity index (χ0n) is 7.25. The van der Waals surface area contributed by atoms with Crippen LogP contribution in [0.15, 0.2) is 12.1 Å². The van der Waals surface area contributed by atoms with Crippen LogP contribution in [0.5, 0.6) is 0 Å². The summed E-state index contributed by atoms with van der Waals surface area (Å²) in [6, 6.07) is 0.830. The standard InChI is InChI=1S/C8H6ClFN2O3/c9-3-1-4(7(13)14)6(5(10)2-3)12-8(11)15/h1-2H,(H,13,14)(H3,11,12,15). The summed E-state index contributed by atoms with van der Waals surface area (Å²) >= 11 is 5.46. The molecule has 0 heterocycles. The first-order chi connectivity index (χ1) is 6.91. The fourth-order valence-electron chi connectivity index (χ4n) is 0.993. The Hall–Kier alpha value is -1.82. The number of primary amides is 1. The summed E-state index contributed by atoms with van der Waals surface area (Å²) in [7, 11) is 0. The third kappa shape index (κ3) is 2.57. The molecule has 0 aliphatic carbocycles. The van der Waals surface area contributed by atoms with Crippen molar-refractivity contribution in [3.05, 3.63) is 28.5 Å². The molecule has 15 heavy (non-hydrogen) atoms. The van der Waals surface area contributed by atoms with Crippen LogP contribution in [0, 0.1) is 5.82 Å². The molecule has 1 rings (SSSR count). The van der Waals surface area contributed by atoms with Gasteiger partial charge in [-0.2, -0.15) is 0 Å². The van der Waals surface area contributed by atoms with Crippen LogP contribution in [-0.2, 0) is 0 Å². The summed E-state index contributed by atoms with van der Waals surface area (Å²) in [5.74, 6) is -2.38. The highest BCUT2D eigenvalue weighted by Gasteiger charge is 2.17. The average Bonchev–Trinajstić information content (AvgIpc) is 2.08. The Bertz CT molecular complexity index is 436. The summed E-state index contributed by atoms with van der Waals surface area (Å²) < 4.78 is 13.2. The van der Waals surface area contributed by atoms with Gasteiger partial charge in [-0.1, -0.05) is 11.6 Å². The van der Waals surface area contributed by atoms with E-state index >= 15 is 0 Å². The average molecular weight is 233 g/mol. The molecule has 0 atom stereocenters. The van der Waals surface area contributed by atoms with E-state index in [0.29, 0.717) is 0 Å². The van der Waals surface area contributed by atoms with E-state index in [4.69, 9.17) is 22.4 Å². The molecule has 5 nitrogen and oxygen atoms in total. The van der Waals surface area contributed by atoms with Crippen molar-refractivity contribution in [2.24, 2.45) is 5.73 Å². The third-order valence-electron chi connectivity index (χ3n) is 1.53. The minimum absolute atomic E-state index is 0.0834. The van der Waals surface area contributed by atoms with Gasteiger partial charge in [-0.3, -0.25) is 0 Å². The minimum atomic E-state index is -1.42. The van der Waals surface area contributed by atoms with E-state index in [1.807, 2.05) is 5.32 Å². The normalized spacial score (nSPS) is 9.73. The number of hydrogen-bond acceptors (Lipinski definition) is 2. The minimum Gasteiger partial charge on any atom is -0.478 e. The molecule has 0 saturated carbocycles. The van der Waals surface area contributed by atoms with Crippen LogP contribution in [0.3, 0.4) is 0 Å². The molecule has 0 aliphatic rings. The highest BCUT2D eigenvalue weighted by Crippen LogP contribution is 2.24. The van der Waals surface area contributed by atoms with Crippen molar-refractivity contribution >= 4 is 29.3 Å². The monoisotopic (exact) mass is 232 g/mol. The number of nitrogens with two attached hydrogens (primary N) is 1. The number of carbonyl (C=O) groups is 2. The summed E-state index contributed by atoms with van der Waals surface area (Å²) in [6.45, 7) is 0. The largest absolute Gasteiger partial charge is 0.478 e. The number of nitrogens with one attached hydrogen (secondary N) is 1. The number of rotatable bonds is 2. The molecule has 0 spiro atoms. The van der Waals surface area contributed by atoms with Crippen LogP contribution in [0.1, 0.15) is 10.4 Å². The topological polar surface area (TPSA) is 92.4 Å². The lowest BCUT2D eigenvalue weighted by Crippen LogP contribution is -2.22. The fourth-order valence-corrected chi connectivity index (χ4v) is 1.20. The van der Waals surface area contributed by atoms with Gasteiger partial charge in [0.15, 0.2) is 0 Å². The Balaban J connectivity index is 3.33. The van der Waals surface area contributed by atoms with Gasteiger partial charge < -0.3 is 16.2 Å². The second-order valence-corrected chi connectivity index (χ2v) is 3.04. The molecule has 4 N–H and O–H groups in total. The Labute approximate surface area is 88.6 Å². The second-order valence-electron chi connectivity index (χ2n) is 2.60. The lowest BCUT2D eigenvalue weighted by Gasteiger charge is -2.07. The molecule has 0 unspecified atom stereocenters. The third-order valence-corrected chi connectivity index (χ3v) is 1.75. The lowest BCUT2D eigenvalue weighted by molar-refractivity contribution is 0.0697. The SMILES string of the molecule is NC(=O)Nc1c(F)cc(Cl)cc1C(=O)O. The van der Waals surface area contributed by atoms with Crippen molar-refractivity contribution in [1.82, 2.24) is 0 Å². The molecule has 1 aromatic rings. The molecular formula is C8H6ClFN2O3. The second kappa shape index (κ2) is 4.14. The first-order valence-electron chi connectivity index (χ1n) is 3.70. The lowest BCUT2D eigenvalue weighted by atomic mass is 10.1. The van der Waals surface area contributed by atoms with Crippen LogP contribution in [0.25, 0.3) is 0 Å². The zero-order chi connectivity index (χ0) is 11.6. The number of aromatic carboxylic acids is 1. The van der Waals surface area contributed by atoms with Crippen molar-refractivity contribution in [3.63, 3.8) is 0 Å². The number of amides is 2. The molecule has 0 aliphatic heterocycles. The molecule has 0 aromatic heterocycles. The highest BCUT2D eigenvalue weighted by molar-refractivity contribution is 6.31. The van der Waals surface area contributed by atoms with Gasteiger partial charge in [0.25, 0.3) is 0 Å². The summed E-state index contributed by atoms with van der Waals surface area (Å²) in [4.78, 5) is 21.2. The van der Waals surface area contributed by atoms with Gasteiger partial charge >= 0.3 is 12.0 Å². The zero-order valence-corrected chi connectivity index (χ0v) is 8.01. The highest BCUT2D eigenvalue weighted by atomic mass is 35.5. The first-order valence-corrected chi connectivity index (χ1v) is 4.08. The van der Waals surface area contributed by atoms with Crippen molar-refractivity contribution in [2.75, 3.05) is 5.32 Å². The van der Waals surface area contributed by atoms with Crippen LogP contribution in [0.2, 0.25) is 5.02 Å². The predicted molar refractivity (Wildman–Crippen MR) is 51.6 cm³/mol. The maximum atomic E-state index is 13.2. The molecule has 80 valence electrons. The van der Waals surface area contributed by atoms with E-state index in [0.717, 1.165) is 12.1 Å². The number of anilines is 1. The van der Waals surface area contributed by atoms with Gasteiger partial charge in [-0.05, 0) is 12.1 Å². The van der Waals surface area contributed by atoms with E-state index in [-0.39, 0.29) is 5.02 Å². The molecule has 0 saturated heterocycles. The number of urea groups is 1. The van der Waals surface area contributed by atoms with Gasteiger partial charge in [0.05, 0.1) is 11.3 Å². The van der Waals surface area contributed by atoms with E-state index in [9.17, 15) is 14.0 Å². The molecule has 0 radical (unpaired) electrons. The van der Waals surface area contributed by atoms with E-state index in [1.54, 1.807) is 0 Å². The first kappa shape index (κ1) is 11.3. The number of carbonyl (C=O) groups excluding carboxylic acids is 1.